The molecule has 4 amide bonds. The fourth-order valence-electron chi connectivity index (χ4n) is 9.83. The van der Waals surface area contributed by atoms with Gasteiger partial charge in [-0.1, -0.05) is 52.0 Å². The van der Waals surface area contributed by atoms with Crippen LogP contribution in [0.4, 0.5) is 0 Å². The van der Waals surface area contributed by atoms with Gasteiger partial charge in [0, 0.05) is 45.1 Å². The maximum absolute atomic E-state index is 15.0. The van der Waals surface area contributed by atoms with Crippen LogP contribution in [0.5, 0.6) is 0 Å². The average molecular weight is 783 g/mol. The largest absolute Gasteiger partial charge is 0.495 e. The first-order chi connectivity index (χ1) is 27.3. The minimum Gasteiger partial charge on any atom is -0.399 e. The van der Waals surface area contributed by atoms with Crippen molar-refractivity contribution >= 4 is 91.9 Å². The van der Waals surface area contributed by atoms with Crippen molar-refractivity contribution in [2.24, 2.45) is 0 Å². The van der Waals surface area contributed by atoms with Gasteiger partial charge in [0.1, 0.15) is 0 Å². The van der Waals surface area contributed by atoms with Crippen molar-refractivity contribution in [3.05, 3.63) is 58.7 Å². The molecule has 0 atom stereocenters. The molecule has 12 heteroatoms. The topological polar surface area (TPSA) is 112 Å². The van der Waals surface area contributed by atoms with E-state index in [-0.39, 0.29) is 35.7 Å². The highest BCUT2D eigenvalue weighted by Crippen LogP contribution is 2.48. The minimum absolute atomic E-state index is 0.296. The predicted molar refractivity (Wildman–Crippen MR) is 229 cm³/mol. The highest BCUT2D eigenvalue weighted by Gasteiger charge is 2.55. The summed E-state index contributed by atoms with van der Waals surface area (Å²) in [6.07, 6.45) is 2.45. The van der Waals surface area contributed by atoms with E-state index in [1.165, 1.54) is 9.80 Å². The van der Waals surface area contributed by atoms with E-state index in [1.54, 1.807) is 0 Å². The molecule has 4 aliphatic heterocycles. The van der Waals surface area contributed by atoms with E-state index in [0.29, 0.717) is 69.6 Å². The first-order valence-corrected chi connectivity index (χ1v) is 21.0. The standard InChI is InChI=1S/C46H52B2N2O8/c1-13-23(14-2)49-39(51)27-19-17-25-30-22-32(48-57-45(9,10)46(11,12)58-48)38-36-28(40(52)50(42(38)54)24(15-3)16-4)20-18-26(34(30)36)29-21-31(37(41(49)53)35(27)33(25)29)47-55-43(5,6)44(7,8)56-47/h17-24H,13-16H2,1-12H3. The number of nitrogens with zero attached hydrogens (tertiary/aromatic N) is 2. The van der Waals surface area contributed by atoms with Gasteiger partial charge in [0.05, 0.1) is 22.4 Å². The van der Waals surface area contributed by atoms with Gasteiger partial charge in [-0.05, 0) is 136 Å². The third-order valence-corrected chi connectivity index (χ3v) is 14.6. The van der Waals surface area contributed by atoms with Gasteiger partial charge in [0.15, 0.2) is 0 Å². The zero-order valence-electron chi connectivity index (χ0n) is 35.8. The molecule has 2 saturated heterocycles. The Morgan fingerprint density at radius 2 is 0.776 bits per heavy atom. The molecule has 300 valence electrons. The van der Waals surface area contributed by atoms with Crippen LogP contribution in [0.2, 0.25) is 0 Å². The maximum Gasteiger partial charge on any atom is 0.495 e. The van der Waals surface area contributed by atoms with Gasteiger partial charge >= 0.3 is 14.2 Å². The molecule has 4 heterocycles. The lowest BCUT2D eigenvalue weighted by Gasteiger charge is -2.36. The van der Waals surface area contributed by atoms with Crippen molar-refractivity contribution in [2.45, 2.75) is 143 Å². The van der Waals surface area contributed by atoms with Crippen molar-refractivity contribution in [1.82, 2.24) is 9.80 Å². The highest BCUT2D eigenvalue weighted by molar-refractivity contribution is 6.67. The number of benzene rings is 5. The molecule has 0 aliphatic carbocycles. The van der Waals surface area contributed by atoms with Crippen LogP contribution >= 0.6 is 0 Å². The van der Waals surface area contributed by atoms with Crippen LogP contribution in [-0.2, 0) is 18.6 Å². The third kappa shape index (κ3) is 4.95. The molecular formula is C46H52B2N2O8. The lowest BCUT2D eigenvalue weighted by atomic mass is 9.68. The Kier molecular flexibility index (Phi) is 8.49. The summed E-state index contributed by atoms with van der Waals surface area (Å²) in [5, 5.41) is 5.72. The molecule has 9 rings (SSSR count). The summed E-state index contributed by atoms with van der Waals surface area (Å²) < 4.78 is 26.7. The molecule has 2 fully saturated rings. The fraction of sp³-hybridized carbons (Fsp3) is 0.478. The molecule has 0 bridgehead atoms. The third-order valence-electron chi connectivity index (χ3n) is 14.6. The molecule has 0 N–H and O–H groups in total. The minimum atomic E-state index is -0.911. The van der Waals surface area contributed by atoms with Crippen LogP contribution in [0.15, 0.2) is 36.4 Å². The van der Waals surface area contributed by atoms with Gasteiger partial charge in [0.25, 0.3) is 23.6 Å². The van der Waals surface area contributed by atoms with Crippen molar-refractivity contribution in [1.29, 1.82) is 0 Å². The molecule has 5 aromatic carbocycles. The van der Waals surface area contributed by atoms with Gasteiger partial charge in [-0.15, -0.1) is 0 Å². The van der Waals surface area contributed by atoms with Crippen molar-refractivity contribution < 1.29 is 37.8 Å². The van der Waals surface area contributed by atoms with Crippen LogP contribution in [0, 0.1) is 0 Å². The predicted octanol–water partition coefficient (Wildman–Crippen LogP) is 7.90. The highest BCUT2D eigenvalue weighted by atomic mass is 16.7. The van der Waals surface area contributed by atoms with E-state index in [0.717, 1.165) is 32.3 Å². The monoisotopic (exact) mass is 782 g/mol. The lowest BCUT2D eigenvalue weighted by molar-refractivity contribution is 0.00578. The van der Waals surface area contributed by atoms with E-state index in [4.69, 9.17) is 18.6 Å². The van der Waals surface area contributed by atoms with Crippen LogP contribution in [0.3, 0.4) is 0 Å². The second-order valence-electron chi connectivity index (χ2n) is 18.7. The summed E-state index contributed by atoms with van der Waals surface area (Å²) >= 11 is 0. The van der Waals surface area contributed by atoms with Gasteiger partial charge in [-0.25, -0.2) is 0 Å². The van der Waals surface area contributed by atoms with E-state index >= 15 is 9.59 Å². The first-order valence-electron chi connectivity index (χ1n) is 21.0. The number of fused-ring (bicyclic) bond motifs is 2. The molecule has 0 saturated carbocycles. The second kappa shape index (κ2) is 12.6. The number of amides is 4. The molecule has 0 unspecified atom stereocenters. The normalized spacial score (nSPS) is 20.9. The van der Waals surface area contributed by atoms with Crippen LogP contribution in [-0.4, -0.2) is 82.2 Å². The molecular weight excluding hydrogens is 730 g/mol. The quantitative estimate of drug-likeness (QED) is 0.0677. The molecule has 0 radical (unpaired) electrons. The number of hydrogen-bond acceptors (Lipinski definition) is 8. The van der Waals surface area contributed by atoms with Gasteiger partial charge in [-0.3, -0.25) is 29.0 Å². The Morgan fingerprint density at radius 3 is 1.07 bits per heavy atom. The van der Waals surface area contributed by atoms with Gasteiger partial charge in [0.2, 0.25) is 0 Å². The van der Waals surface area contributed by atoms with Gasteiger partial charge in [-0.2, -0.15) is 0 Å². The number of imide groups is 2. The number of carbonyl (C=O) groups excluding carboxylic acids is 4. The number of rotatable bonds is 8. The lowest BCUT2D eigenvalue weighted by Crippen LogP contribution is -2.50. The van der Waals surface area contributed by atoms with Gasteiger partial charge < -0.3 is 18.6 Å². The first kappa shape index (κ1) is 39.1. The number of carbonyl (C=O) groups is 4. The summed E-state index contributed by atoms with van der Waals surface area (Å²) in [6.45, 7) is 23.8. The van der Waals surface area contributed by atoms with E-state index in [1.807, 2.05) is 119 Å². The van der Waals surface area contributed by atoms with Crippen molar-refractivity contribution in [3.63, 3.8) is 0 Å². The SMILES string of the molecule is CCC(CC)N1C(=O)c2ccc3c4cc(B5OC(C)(C)C(C)(C)O5)c5c6c(ccc(c7cc(B8OC(C)(C)C(C)(C)O8)c(c2c37)C1=O)c64)C(=O)N(C(CC)CC)C5=O. The maximum atomic E-state index is 15.0. The molecule has 5 aromatic rings. The van der Waals surface area contributed by atoms with E-state index in [2.05, 4.69) is 0 Å². The van der Waals surface area contributed by atoms with Crippen molar-refractivity contribution in [2.75, 3.05) is 0 Å². The second-order valence-corrected chi connectivity index (χ2v) is 18.7. The zero-order chi connectivity index (χ0) is 41.8. The molecule has 0 aromatic heterocycles. The van der Waals surface area contributed by atoms with Crippen LogP contribution in [0.25, 0.3) is 43.1 Å². The summed E-state index contributed by atoms with van der Waals surface area (Å²) in [5.74, 6) is -1.40. The molecule has 10 nitrogen and oxygen atoms in total. The summed E-state index contributed by atoms with van der Waals surface area (Å²) in [6, 6.07) is 10.9. The average Bonchev–Trinajstić information content (AvgIpc) is 3.53. The Labute approximate surface area is 340 Å². The van der Waals surface area contributed by atoms with Crippen molar-refractivity contribution in [3.8, 4) is 0 Å². The molecule has 58 heavy (non-hydrogen) atoms. The fourth-order valence-corrected chi connectivity index (χ4v) is 9.83. The number of hydrogen-bond donors (Lipinski definition) is 0. The van der Waals surface area contributed by atoms with Crippen LogP contribution < -0.4 is 10.9 Å². The van der Waals surface area contributed by atoms with E-state index in [9.17, 15) is 9.59 Å². The van der Waals surface area contributed by atoms with E-state index < -0.39 is 36.6 Å². The zero-order valence-corrected chi connectivity index (χ0v) is 35.8. The Hall–Kier alpha value is -4.35. The smallest absolute Gasteiger partial charge is 0.399 e. The molecule has 4 aliphatic rings. The summed E-state index contributed by atoms with van der Waals surface area (Å²) in [4.78, 5) is 62.1. The summed E-state index contributed by atoms with van der Waals surface area (Å²) in [5.41, 5.74) is -0.0726. The molecule has 0 spiro atoms. The Morgan fingerprint density at radius 1 is 0.466 bits per heavy atom. The summed E-state index contributed by atoms with van der Waals surface area (Å²) in [7, 11) is -1.82. The van der Waals surface area contributed by atoms with Crippen LogP contribution in [0.1, 0.15) is 150 Å². The Balaban J connectivity index is 1.44. The Bertz CT molecular complexity index is 2440.